The first kappa shape index (κ1) is 15.1. The summed E-state index contributed by atoms with van der Waals surface area (Å²) in [4.78, 5) is 27.0. The minimum atomic E-state index is -0.830. The Bertz CT molecular complexity index is 362. The van der Waals surface area contributed by atoms with E-state index in [0.29, 0.717) is 19.0 Å². The number of carbonyl (C=O) groups excluding carboxylic acids is 1. The van der Waals surface area contributed by atoms with Gasteiger partial charge in [-0.25, -0.2) is 4.79 Å². The van der Waals surface area contributed by atoms with Crippen LogP contribution in [0.15, 0.2) is 0 Å². The molecule has 114 valence electrons. The first-order valence-electron chi connectivity index (χ1n) is 7.58. The lowest BCUT2D eigenvalue weighted by molar-refractivity contribution is -0.137. The lowest BCUT2D eigenvalue weighted by Crippen LogP contribution is -2.45. The van der Waals surface area contributed by atoms with Gasteiger partial charge in [0.1, 0.15) is 0 Å². The van der Waals surface area contributed by atoms with E-state index in [9.17, 15) is 9.59 Å². The van der Waals surface area contributed by atoms with Crippen molar-refractivity contribution in [3.05, 3.63) is 0 Å². The Kier molecular flexibility index (Phi) is 5.23. The number of urea groups is 1. The first-order chi connectivity index (χ1) is 9.60. The van der Waals surface area contributed by atoms with Crippen LogP contribution in [-0.2, 0) is 4.79 Å². The smallest absolute Gasteiger partial charge is 0.317 e. The fourth-order valence-electron chi connectivity index (χ4n) is 3.22. The average molecular weight is 283 g/mol. The molecule has 2 amide bonds. The zero-order chi connectivity index (χ0) is 14.5. The van der Waals surface area contributed by atoms with E-state index in [0.717, 1.165) is 38.9 Å². The maximum absolute atomic E-state index is 12.2. The van der Waals surface area contributed by atoms with E-state index in [1.54, 1.807) is 4.90 Å². The van der Waals surface area contributed by atoms with Crippen LogP contribution in [0.2, 0.25) is 0 Å². The Hall–Kier alpha value is -1.30. The molecule has 2 aliphatic rings. The van der Waals surface area contributed by atoms with Gasteiger partial charge in [-0.05, 0) is 38.3 Å². The van der Waals surface area contributed by atoms with Crippen molar-refractivity contribution in [2.24, 2.45) is 5.92 Å². The van der Waals surface area contributed by atoms with Gasteiger partial charge in [0.05, 0.1) is 6.42 Å². The predicted octanol–water partition coefficient (Wildman–Crippen LogP) is 0.977. The van der Waals surface area contributed by atoms with Crippen LogP contribution in [0, 0.1) is 5.92 Å². The largest absolute Gasteiger partial charge is 0.481 e. The number of hydrogen-bond donors (Lipinski definition) is 2. The molecule has 2 heterocycles. The van der Waals surface area contributed by atoms with E-state index in [1.807, 2.05) is 0 Å². The van der Waals surface area contributed by atoms with Gasteiger partial charge in [0.15, 0.2) is 0 Å². The summed E-state index contributed by atoms with van der Waals surface area (Å²) in [6, 6.07) is -0.230. The predicted molar refractivity (Wildman–Crippen MR) is 75.6 cm³/mol. The summed E-state index contributed by atoms with van der Waals surface area (Å²) < 4.78 is 0. The molecule has 2 fully saturated rings. The third kappa shape index (κ3) is 3.85. The van der Waals surface area contributed by atoms with Gasteiger partial charge in [-0.2, -0.15) is 0 Å². The molecule has 2 unspecified atom stereocenters. The van der Waals surface area contributed by atoms with Crippen LogP contribution in [0.3, 0.4) is 0 Å². The third-order valence-corrected chi connectivity index (χ3v) is 4.41. The number of likely N-dealkylation sites (tertiary alicyclic amines) is 2. The van der Waals surface area contributed by atoms with Crippen LogP contribution in [0.5, 0.6) is 0 Å². The van der Waals surface area contributed by atoms with Gasteiger partial charge in [-0.1, -0.05) is 6.92 Å². The van der Waals surface area contributed by atoms with Crippen molar-refractivity contribution in [3.8, 4) is 0 Å². The molecule has 0 aromatic carbocycles. The average Bonchev–Trinajstić information content (AvgIpc) is 3.04. The molecule has 2 rings (SSSR count). The van der Waals surface area contributed by atoms with Gasteiger partial charge in [0, 0.05) is 25.7 Å². The van der Waals surface area contributed by atoms with Crippen LogP contribution in [0.1, 0.15) is 32.6 Å². The Morgan fingerprint density at radius 3 is 2.75 bits per heavy atom. The SMILES string of the molecule is CCN1CCC(CNC(=O)N2CCCC2CC(=O)O)C1. The maximum atomic E-state index is 12.2. The lowest BCUT2D eigenvalue weighted by atomic mass is 10.1. The summed E-state index contributed by atoms with van der Waals surface area (Å²) in [5.74, 6) is -0.302. The van der Waals surface area contributed by atoms with Crippen LogP contribution in [-0.4, -0.2) is 65.7 Å². The van der Waals surface area contributed by atoms with E-state index in [-0.39, 0.29) is 18.5 Å². The topological polar surface area (TPSA) is 72.9 Å². The second kappa shape index (κ2) is 6.92. The number of rotatable bonds is 5. The molecule has 6 heteroatoms. The molecule has 6 nitrogen and oxygen atoms in total. The highest BCUT2D eigenvalue weighted by molar-refractivity contribution is 5.76. The number of aliphatic carboxylic acids is 1. The van der Waals surface area contributed by atoms with Crippen molar-refractivity contribution < 1.29 is 14.7 Å². The number of amides is 2. The van der Waals surface area contributed by atoms with Crippen molar-refractivity contribution in [3.63, 3.8) is 0 Å². The zero-order valence-electron chi connectivity index (χ0n) is 12.2. The number of carbonyl (C=O) groups is 2. The van der Waals surface area contributed by atoms with Gasteiger partial charge in [-0.3, -0.25) is 4.79 Å². The van der Waals surface area contributed by atoms with Gasteiger partial charge < -0.3 is 20.2 Å². The summed E-state index contributed by atoms with van der Waals surface area (Å²) in [6.45, 7) is 6.76. The quantitative estimate of drug-likeness (QED) is 0.789. The molecule has 0 spiro atoms. The molecule has 2 aliphatic heterocycles. The number of carboxylic acids is 1. The van der Waals surface area contributed by atoms with Crippen molar-refractivity contribution >= 4 is 12.0 Å². The highest BCUT2D eigenvalue weighted by Gasteiger charge is 2.31. The number of nitrogens with one attached hydrogen (secondary N) is 1. The highest BCUT2D eigenvalue weighted by Crippen LogP contribution is 2.20. The van der Waals surface area contributed by atoms with Crippen LogP contribution >= 0.6 is 0 Å². The normalized spacial score (nSPS) is 26.9. The summed E-state index contributed by atoms with van der Waals surface area (Å²) in [5.41, 5.74) is 0. The Labute approximate surface area is 120 Å². The Morgan fingerprint density at radius 2 is 2.10 bits per heavy atom. The fourth-order valence-corrected chi connectivity index (χ4v) is 3.22. The zero-order valence-corrected chi connectivity index (χ0v) is 12.2. The minimum absolute atomic E-state index is 0.0560. The van der Waals surface area contributed by atoms with E-state index < -0.39 is 5.97 Å². The maximum Gasteiger partial charge on any atom is 0.317 e. The summed E-state index contributed by atoms with van der Waals surface area (Å²) in [5, 5.41) is 11.9. The molecule has 20 heavy (non-hydrogen) atoms. The molecule has 0 aromatic rings. The number of carboxylic acid groups (broad SMARTS) is 1. The van der Waals surface area contributed by atoms with Gasteiger partial charge in [0.2, 0.25) is 0 Å². The number of hydrogen-bond acceptors (Lipinski definition) is 3. The van der Waals surface area contributed by atoms with Crippen LogP contribution < -0.4 is 5.32 Å². The van der Waals surface area contributed by atoms with Gasteiger partial charge >= 0.3 is 12.0 Å². The monoisotopic (exact) mass is 283 g/mol. The minimum Gasteiger partial charge on any atom is -0.481 e. The van der Waals surface area contributed by atoms with E-state index in [1.165, 1.54) is 0 Å². The second-order valence-corrected chi connectivity index (χ2v) is 5.82. The van der Waals surface area contributed by atoms with Crippen molar-refractivity contribution in [2.75, 3.05) is 32.7 Å². The molecule has 0 aliphatic carbocycles. The second-order valence-electron chi connectivity index (χ2n) is 5.82. The van der Waals surface area contributed by atoms with Crippen molar-refractivity contribution in [1.29, 1.82) is 0 Å². The summed E-state index contributed by atoms with van der Waals surface area (Å²) >= 11 is 0. The molecule has 0 saturated carbocycles. The molecule has 2 atom stereocenters. The van der Waals surface area contributed by atoms with E-state index >= 15 is 0 Å². The standard InChI is InChI=1S/C14H25N3O3/c1-2-16-7-5-11(10-16)9-15-14(20)17-6-3-4-12(17)8-13(18)19/h11-12H,2-10H2,1H3,(H,15,20)(H,18,19). The summed E-state index contributed by atoms with van der Waals surface area (Å²) in [7, 11) is 0. The molecular weight excluding hydrogens is 258 g/mol. The van der Waals surface area contributed by atoms with E-state index in [4.69, 9.17) is 5.11 Å². The molecule has 0 aromatic heterocycles. The molecule has 0 bridgehead atoms. The summed E-state index contributed by atoms with van der Waals surface area (Å²) in [6.07, 6.45) is 2.89. The van der Waals surface area contributed by atoms with Crippen molar-refractivity contribution in [2.45, 2.75) is 38.6 Å². The van der Waals surface area contributed by atoms with Crippen molar-refractivity contribution in [1.82, 2.24) is 15.1 Å². The van der Waals surface area contributed by atoms with Crippen LogP contribution in [0.25, 0.3) is 0 Å². The molecule has 2 saturated heterocycles. The molecular formula is C14H25N3O3. The molecule has 2 N–H and O–H groups in total. The molecule has 0 radical (unpaired) electrons. The first-order valence-corrected chi connectivity index (χ1v) is 7.58. The lowest BCUT2D eigenvalue weighted by Gasteiger charge is -2.24. The number of nitrogens with zero attached hydrogens (tertiary/aromatic N) is 2. The third-order valence-electron chi connectivity index (χ3n) is 4.41. The van der Waals surface area contributed by atoms with Gasteiger partial charge in [-0.15, -0.1) is 0 Å². The van der Waals surface area contributed by atoms with Gasteiger partial charge in [0.25, 0.3) is 0 Å². The Balaban J connectivity index is 1.75. The van der Waals surface area contributed by atoms with Crippen LogP contribution in [0.4, 0.5) is 4.79 Å². The fraction of sp³-hybridized carbons (Fsp3) is 0.857. The van der Waals surface area contributed by atoms with E-state index in [2.05, 4.69) is 17.1 Å². The highest BCUT2D eigenvalue weighted by atomic mass is 16.4. The Morgan fingerprint density at radius 1 is 1.30 bits per heavy atom.